The lowest BCUT2D eigenvalue weighted by Gasteiger charge is -2.12. The molecule has 4 aromatic rings. The van der Waals surface area contributed by atoms with E-state index in [1.165, 1.54) is 12.1 Å². The maximum Gasteiger partial charge on any atom is 0.226 e. The molecule has 1 aromatic heterocycles. The van der Waals surface area contributed by atoms with E-state index >= 15 is 0 Å². The summed E-state index contributed by atoms with van der Waals surface area (Å²) in [5.41, 5.74) is 3.47. The number of hydrogen-bond acceptors (Lipinski definition) is 3. The van der Waals surface area contributed by atoms with Crippen LogP contribution in [0.15, 0.2) is 84.9 Å². The minimum Gasteiger partial charge on any atom is -0.439 e. The monoisotopic (exact) mass is 443 g/mol. The average molecular weight is 444 g/mol. The maximum atomic E-state index is 13.5. The first kappa shape index (κ1) is 22.3. The Hall–Kier alpha value is -3.93. The Bertz CT molecular complexity index is 1190. The van der Waals surface area contributed by atoms with Crippen molar-refractivity contribution in [2.24, 2.45) is 0 Å². The highest BCUT2D eigenvalue weighted by Crippen LogP contribution is 2.32. The molecule has 0 unspecified atom stereocenters. The molecule has 0 saturated heterocycles. The molecular formula is C27H26FN3O2. The molecule has 0 aliphatic heterocycles. The van der Waals surface area contributed by atoms with Crippen molar-refractivity contribution in [3.63, 3.8) is 0 Å². The Morgan fingerprint density at radius 2 is 1.64 bits per heavy atom. The largest absolute Gasteiger partial charge is 0.439 e. The molecule has 1 N–H and O–H groups in total. The summed E-state index contributed by atoms with van der Waals surface area (Å²) < 4.78 is 21.4. The Morgan fingerprint density at radius 1 is 0.970 bits per heavy atom. The highest BCUT2D eigenvalue weighted by Gasteiger charge is 2.21. The van der Waals surface area contributed by atoms with Crippen LogP contribution < -0.4 is 10.1 Å². The van der Waals surface area contributed by atoms with Crippen molar-refractivity contribution in [3.05, 3.63) is 108 Å². The van der Waals surface area contributed by atoms with Crippen LogP contribution in [0.4, 0.5) is 4.39 Å². The lowest BCUT2D eigenvalue weighted by atomic mass is 10.1. The molecule has 0 bridgehead atoms. The van der Waals surface area contributed by atoms with Crippen molar-refractivity contribution in [1.82, 2.24) is 15.1 Å². The van der Waals surface area contributed by atoms with Gasteiger partial charge in [-0.25, -0.2) is 9.07 Å². The van der Waals surface area contributed by atoms with Crippen LogP contribution in [-0.2, 0) is 24.2 Å². The summed E-state index contributed by atoms with van der Waals surface area (Å²) in [6.07, 6.45) is 1.47. The lowest BCUT2D eigenvalue weighted by molar-refractivity contribution is -0.121. The number of carbonyl (C=O) groups is 1. The maximum absolute atomic E-state index is 13.5. The second-order valence-corrected chi connectivity index (χ2v) is 7.65. The number of rotatable bonds is 9. The summed E-state index contributed by atoms with van der Waals surface area (Å²) in [5, 5.41) is 7.71. The minimum atomic E-state index is -0.317. The second kappa shape index (κ2) is 10.6. The van der Waals surface area contributed by atoms with Gasteiger partial charge >= 0.3 is 0 Å². The van der Waals surface area contributed by atoms with Crippen LogP contribution in [0.25, 0.3) is 5.69 Å². The van der Waals surface area contributed by atoms with Gasteiger partial charge in [-0.15, -0.1) is 0 Å². The van der Waals surface area contributed by atoms with Crippen molar-refractivity contribution in [3.8, 4) is 17.3 Å². The standard InChI is InChI=1S/C27H26FN3O2/c1-2-25-24(17-18-26(32)29-19-20-9-5-3-6-10-20)27(33-23-11-7-4-8-12-23)31(30-25)22-15-13-21(28)14-16-22/h3-16H,2,17-19H2,1H3,(H,29,32). The normalized spacial score (nSPS) is 10.7. The molecule has 0 fully saturated rings. The first-order valence-electron chi connectivity index (χ1n) is 11.0. The Kier molecular flexibility index (Phi) is 7.15. The summed E-state index contributed by atoms with van der Waals surface area (Å²) >= 11 is 0. The van der Waals surface area contributed by atoms with Crippen LogP contribution in [0.3, 0.4) is 0 Å². The van der Waals surface area contributed by atoms with Gasteiger partial charge in [-0.05, 0) is 54.8 Å². The zero-order valence-electron chi connectivity index (χ0n) is 18.5. The summed E-state index contributed by atoms with van der Waals surface area (Å²) in [4.78, 5) is 12.6. The fourth-order valence-corrected chi connectivity index (χ4v) is 3.60. The first-order chi connectivity index (χ1) is 16.1. The molecule has 3 aromatic carbocycles. The molecule has 0 atom stereocenters. The number of hydrogen-bond donors (Lipinski definition) is 1. The molecule has 5 nitrogen and oxygen atoms in total. The number of ether oxygens (including phenoxy) is 1. The van der Waals surface area contributed by atoms with Gasteiger partial charge in [-0.3, -0.25) is 4.79 Å². The van der Waals surface area contributed by atoms with E-state index in [2.05, 4.69) is 5.32 Å². The third-order valence-corrected chi connectivity index (χ3v) is 5.32. The number of aryl methyl sites for hydroxylation is 1. The fourth-order valence-electron chi connectivity index (χ4n) is 3.60. The lowest BCUT2D eigenvalue weighted by Crippen LogP contribution is -2.23. The molecule has 0 radical (unpaired) electrons. The van der Waals surface area contributed by atoms with E-state index < -0.39 is 0 Å². The van der Waals surface area contributed by atoms with Crippen molar-refractivity contribution >= 4 is 5.91 Å². The summed E-state index contributed by atoms with van der Waals surface area (Å²) in [6.45, 7) is 2.51. The number of benzene rings is 3. The van der Waals surface area contributed by atoms with Crippen molar-refractivity contribution in [1.29, 1.82) is 0 Å². The third kappa shape index (κ3) is 5.66. The summed E-state index contributed by atoms with van der Waals surface area (Å²) in [6, 6.07) is 25.4. The van der Waals surface area contributed by atoms with Crippen LogP contribution in [-0.4, -0.2) is 15.7 Å². The minimum absolute atomic E-state index is 0.0406. The van der Waals surface area contributed by atoms with Gasteiger partial charge in [0.15, 0.2) is 0 Å². The SMILES string of the molecule is CCc1nn(-c2ccc(F)cc2)c(Oc2ccccc2)c1CCC(=O)NCc1ccccc1. The quantitative estimate of drug-likeness (QED) is 0.366. The molecule has 0 spiro atoms. The number of nitrogens with one attached hydrogen (secondary N) is 1. The molecule has 1 amide bonds. The van der Waals surface area contributed by atoms with Gasteiger partial charge in [0.25, 0.3) is 0 Å². The fraction of sp³-hybridized carbons (Fsp3) is 0.185. The smallest absolute Gasteiger partial charge is 0.226 e. The van der Waals surface area contributed by atoms with E-state index in [-0.39, 0.29) is 11.7 Å². The van der Waals surface area contributed by atoms with Crippen molar-refractivity contribution in [2.75, 3.05) is 0 Å². The number of amides is 1. The topological polar surface area (TPSA) is 56.2 Å². The first-order valence-corrected chi connectivity index (χ1v) is 11.0. The van der Waals surface area contributed by atoms with Gasteiger partial charge in [0.1, 0.15) is 11.6 Å². The number of aromatic nitrogens is 2. The number of para-hydroxylation sites is 1. The summed E-state index contributed by atoms with van der Waals surface area (Å²) in [7, 11) is 0. The highest BCUT2D eigenvalue weighted by atomic mass is 19.1. The Morgan fingerprint density at radius 3 is 2.30 bits per heavy atom. The summed E-state index contributed by atoms with van der Waals surface area (Å²) in [5.74, 6) is 0.849. The predicted octanol–water partition coefficient (Wildman–Crippen LogP) is 5.62. The van der Waals surface area contributed by atoms with E-state index in [1.807, 2.05) is 67.6 Å². The van der Waals surface area contributed by atoms with Gasteiger partial charge in [0, 0.05) is 18.5 Å². The van der Waals surface area contributed by atoms with E-state index in [9.17, 15) is 9.18 Å². The van der Waals surface area contributed by atoms with Crippen LogP contribution in [0.1, 0.15) is 30.2 Å². The second-order valence-electron chi connectivity index (χ2n) is 7.65. The van der Waals surface area contributed by atoms with E-state index in [0.717, 1.165) is 16.8 Å². The molecule has 0 aliphatic carbocycles. The van der Waals surface area contributed by atoms with Crippen molar-refractivity contribution in [2.45, 2.75) is 32.7 Å². The molecule has 0 aliphatic rings. The van der Waals surface area contributed by atoms with Gasteiger partial charge in [-0.1, -0.05) is 55.5 Å². The van der Waals surface area contributed by atoms with Gasteiger partial charge in [0.2, 0.25) is 11.8 Å². The number of halogens is 1. The molecule has 33 heavy (non-hydrogen) atoms. The average Bonchev–Trinajstić information content (AvgIpc) is 3.20. The molecule has 1 heterocycles. The van der Waals surface area contributed by atoms with Gasteiger partial charge in [0.05, 0.1) is 11.4 Å². The highest BCUT2D eigenvalue weighted by molar-refractivity contribution is 5.76. The van der Waals surface area contributed by atoms with Crippen LogP contribution in [0.5, 0.6) is 11.6 Å². The van der Waals surface area contributed by atoms with E-state index in [0.29, 0.717) is 43.1 Å². The van der Waals surface area contributed by atoms with Gasteiger partial charge in [-0.2, -0.15) is 5.10 Å². The Balaban J connectivity index is 1.58. The predicted molar refractivity (Wildman–Crippen MR) is 126 cm³/mol. The van der Waals surface area contributed by atoms with Gasteiger partial charge < -0.3 is 10.1 Å². The molecule has 6 heteroatoms. The van der Waals surface area contributed by atoms with E-state index in [4.69, 9.17) is 9.84 Å². The number of nitrogens with zero attached hydrogens (tertiary/aromatic N) is 2. The third-order valence-electron chi connectivity index (χ3n) is 5.32. The molecule has 168 valence electrons. The molecule has 4 rings (SSSR count). The Labute approximate surface area is 192 Å². The van der Waals surface area contributed by atoms with Crippen LogP contribution in [0.2, 0.25) is 0 Å². The van der Waals surface area contributed by atoms with Crippen molar-refractivity contribution < 1.29 is 13.9 Å². The molecular weight excluding hydrogens is 417 g/mol. The number of carbonyl (C=O) groups excluding carboxylic acids is 1. The zero-order valence-corrected chi connectivity index (χ0v) is 18.5. The zero-order chi connectivity index (χ0) is 23.0. The molecule has 0 saturated carbocycles. The van der Waals surface area contributed by atoms with E-state index in [1.54, 1.807) is 16.8 Å². The van der Waals surface area contributed by atoms with Crippen LogP contribution >= 0.6 is 0 Å². The van der Waals surface area contributed by atoms with Crippen LogP contribution in [0, 0.1) is 5.82 Å².